The zero-order valence-electron chi connectivity index (χ0n) is 15.1. The molecule has 0 spiro atoms. The summed E-state index contributed by atoms with van der Waals surface area (Å²) < 4.78 is 38.2. The molecule has 2 rings (SSSR count). The number of nitrogen functional groups attached to an aromatic ring is 2. The van der Waals surface area contributed by atoms with E-state index in [0.29, 0.717) is 0 Å². The second kappa shape index (κ2) is 7.59. The SMILES string of the molecule is COc1c(F)ccc(N)c1C(C)C(=O)C(C)c1c(N)ccc(F)c1OC. The van der Waals surface area contributed by atoms with E-state index >= 15 is 0 Å². The molecule has 2 unspecified atom stereocenters. The number of ether oxygens (including phenoxy) is 2. The smallest absolute Gasteiger partial charge is 0.165 e. The van der Waals surface area contributed by atoms with Crippen LogP contribution in [-0.2, 0) is 4.79 Å². The first kappa shape index (κ1) is 19.5. The molecule has 4 N–H and O–H groups in total. The summed E-state index contributed by atoms with van der Waals surface area (Å²) in [5, 5.41) is 0. The van der Waals surface area contributed by atoms with E-state index in [1.54, 1.807) is 13.8 Å². The maximum Gasteiger partial charge on any atom is 0.165 e. The number of carbonyl (C=O) groups is 1. The van der Waals surface area contributed by atoms with Crippen molar-refractivity contribution < 1.29 is 23.0 Å². The fourth-order valence-corrected chi connectivity index (χ4v) is 3.14. The Morgan fingerprint density at radius 1 is 0.846 bits per heavy atom. The molecule has 0 saturated heterocycles. The fourth-order valence-electron chi connectivity index (χ4n) is 3.14. The van der Waals surface area contributed by atoms with E-state index in [4.69, 9.17) is 20.9 Å². The molecule has 0 bridgehead atoms. The highest BCUT2D eigenvalue weighted by molar-refractivity contribution is 5.94. The molecule has 0 aromatic heterocycles. The van der Waals surface area contributed by atoms with Gasteiger partial charge in [-0.1, -0.05) is 13.8 Å². The third-order valence-electron chi connectivity index (χ3n) is 4.49. The van der Waals surface area contributed by atoms with Gasteiger partial charge in [-0.05, 0) is 24.3 Å². The number of hydrogen-bond acceptors (Lipinski definition) is 5. The van der Waals surface area contributed by atoms with Gasteiger partial charge in [-0.3, -0.25) is 4.79 Å². The van der Waals surface area contributed by atoms with Crippen molar-refractivity contribution in [2.75, 3.05) is 25.7 Å². The van der Waals surface area contributed by atoms with Gasteiger partial charge in [0, 0.05) is 34.3 Å². The summed E-state index contributed by atoms with van der Waals surface area (Å²) in [5.74, 6) is -3.34. The van der Waals surface area contributed by atoms with Crippen molar-refractivity contribution in [1.29, 1.82) is 0 Å². The first-order chi connectivity index (χ1) is 12.2. The molecule has 26 heavy (non-hydrogen) atoms. The van der Waals surface area contributed by atoms with Gasteiger partial charge in [0.2, 0.25) is 0 Å². The maximum atomic E-state index is 14.0. The van der Waals surface area contributed by atoms with Crippen LogP contribution in [-0.4, -0.2) is 20.0 Å². The van der Waals surface area contributed by atoms with Crippen molar-refractivity contribution >= 4 is 17.2 Å². The first-order valence-corrected chi connectivity index (χ1v) is 8.01. The van der Waals surface area contributed by atoms with Gasteiger partial charge in [-0.2, -0.15) is 0 Å². The summed E-state index contributed by atoms with van der Waals surface area (Å²) in [4.78, 5) is 13.0. The molecule has 0 amide bonds. The van der Waals surface area contributed by atoms with E-state index < -0.39 is 23.5 Å². The van der Waals surface area contributed by atoms with Crippen LogP contribution >= 0.6 is 0 Å². The molecular formula is C19H22F2N2O3. The lowest BCUT2D eigenvalue weighted by molar-refractivity contribution is -0.121. The molecule has 5 nitrogen and oxygen atoms in total. The predicted octanol–water partition coefficient (Wildman–Crippen LogP) is 3.62. The van der Waals surface area contributed by atoms with Gasteiger partial charge in [0.25, 0.3) is 0 Å². The van der Waals surface area contributed by atoms with Crippen LogP contribution < -0.4 is 20.9 Å². The molecule has 2 aromatic rings. The minimum atomic E-state index is -0.803. The van der Waals surface area contributed by atoms with Crippen LogP contribution in [0, 0.1) is 11.6 Å². The van der Waals surface area contributed by atoms with Crippen molar-refractivity contribution in [2.45, 2.75) is 25.7 Å². The number of ketones is 1. The minimum absolute atomic E-state index is 0.0859. The molecule has 0 fully saturated rings. The lowest BCUT2D eigenvalue weighted by Crippen LogP contribution is -2.20. The highest BCUT2D eigenvalue weighted by Crippen LogP contribution is 2.40. The Balaban J connectivity index is 2.51. The Morgan fingerprint density at radius 3 is 1.50 bits per heavy atom. The summed E-state index contributed by atoms with van der Waals surface area (Å²) >= 11 is 0. The molecule has 140 valence electrons. The first-order valence-electron chi connectivity index (χ1n) is 8.01. The quantitative estimate of drug-likeness (QED) is 0.765. The van der Waals surface area contributed by atoms with Crippen molar-refractivity contribution in [1.82, 2.24) is 0 Å². The highest BCUT2D eigenvalue weighted by atomic mass is 19.1. The number of methoxy groups -OCH3 is 2. The standard InChI is InChI=1S/C19H22F2N2O3/c1-9(15-13(22)7-5-11(20)18(15)25-3)17(24)10(2)16-14(23)8-6-12(21)19(16)26-4/h5-10H,22-23H2,1-4H3. The Labute approximate surface area is 150 Å². The van der Waals surface area contributed by atoms with Crippen LogP contribution in [0.4, 0.5) is 20.2 Å². The zero-order chi connectivity index (χ0) is 19.6. The third-order valence-corrected chi connectivity index (χ3v) is 4.49. The largest absolute Gasteiger partial charge is 0.493 e. The summed E-state index contributed by atoms with van der Waals surface area (Å²) in [5.41, 5.74) is 12.9. The van der Waals surface area contributed by atoms with E-state index in [2.05, 4.69) is 0 Å². The van der Waals surface area contributed by atoms with Crippen molar-refractivity contribution in [2.24, 2.45) is 0 Å². The van der Waals surface area contributed by atoms with Gasteiger partial charge >= 0.3 is 0 Å². The number of benzene rings is 2. The van der Waals surface area contributed by atoms with Gasteiger partial charge in [0.05, 0.1) is 14.2 Å². The maximum absolute atomic E-state index is 14.0. The summed E-state index contributed by atoms with van der Waals surface area (Å²) in [6.45, 7) is 3.18. The van der Waals surface area contributed by atoms with Gasteiger partial charge in [0.15, 0.2) is 23.1 Å². The molecule has 0 saturated carbocycles. The third kappa shape index (κ3) is 3.29. The molecule has 2 atom stereocenters. The van der Waals surface area contributed by atoms with E-state index in [1.165, 1.54) is 38.5 Å². The topological polar surface area (TPSA) is 87.6 Å². The van der Waals surface area contributed by atoms with Gasteiger partial charge in [-0.25, -0.2) is 8.78 Å². The molecule has 0 heterocycles. The van der Waals surface area contributed by atoms with Crippen LogP contribution in [0.2, 0.25) is 0 Å². The van der Waals surface area contributed by atoms with E-state index in [9.17, 15) is 13.6 Å². The second-order valence-electron chi connectivity index (χ2n) is 6.01. The summed E-state index contributed by atoms with van der Waals surface area (Å²) in [7, 11) is 2.60. The number of Topliss-reactive ketones (excluding diaryl/α,β-unsaturated/α-hetero) is 1. The minimum Gasteiger partial charge on any atom is -0.493 e. The second-order valence-corrected chi connectivity index (χ2v) is 6.01. The summed E-state index contributed by atoms with van der Waals surface area (Å²) in [6, 6.07) is 5.09. The zero-order valence-corrected chi connectivity index (χ0v) is 15.1. The Morgan fingerprint density at radius 2 is 1.19 bits per heavy atom. The molecule has 0 aliphatic heterocycles. The number of nitrogens with two attached hydrogens (primary N) is 2. The molecule has 0 radical (unpaired) electrons. The highest BCUT2D eigenvalue weighted by Gasteiger charge is 2.31. The number of halogens is 2. The van der Waals surface area contributed by atoms with Crippen LogP contribution in [0.1, 0.15) is 36.8 Å². The van der Waals surface area contributed by atoms with Crippen molar-refractivity contribution in [3.63, 3.8) is 0 Å². The van der Waals surface area contributed by atoms with E-state index in [-0.39, 0.29) is 39.8 Å². The lowest BCUT2D eigenvalue weighted by Gasteiger charge is -2.23. The fraction of sp³-hybridized carbons (Fsp3) is 0.316. The Kier molecular flexibility index (Phi) is 5.69. The molecule has 0 aliphatic carbocycles. The van der Waals surface area contributed by atoms with Crippen LogP contribution in [0.5, 0.6) is 11.5 Å². The van der Waals surface area contributed by atoms with Crippen LogP contribution in [0.3, 0.4) is 0 Å². The van der Waals surface area contributed by atoms with Gasteiger partial charge < -0.3 is 20.9 Å². The molecular weight excluding hydrogens is 342 g/mol. The van der Waals surface area contributed by atoms with E-state index in [0.717, 1.165) is 0 Å². The number of anilines is 2. The molecule has 0 aliphatic rings. The average molecular weight is 364 g/mol. The van der Waals surface area contributed by atoms with Gasteiger partial charge in [0.1, 0.15) is 5.78 Å². The van der Waals surface area contributed by atoms with Crippen LogP contribution in [0.25, 0.3) is 0 Å². The Bertz CT molecular complexity index is 773. The normalized spacial score (nSPS) is 13.2. The van der Waals surface area contributed by atoms with Crippen LogP contribution in [0.15, 0.2) is 24.3 Å². The number of rotatable bonds is 6. The monoisotopic (exact) mass is 364 g/mol. The number of hydrogen-bond donors (Lipinski definition) is 2. The summed E-state index contributed by atoms with van der Waals surface area (Å²) in [6.07, 6.45) is 0. The van der Waals surface area contributed by atoms with E-state index in [1.807, 2.05) is 0 Å². The number of carbonyl (C=O) groups excluding carboxylic acids is 1. The molecule has 2 aromatic carbocycles. The average Bonchev–Trinajstić information content (AvgIpc) is 2.63. The lowest BCUT2D eigenvalue weighted by atomic mass is 9.83. The molecule has 7 heteroatoms. The van der Waals surface area contributed by atoms with Crippen molar-refractivity contribution in [3.05, 3.63) is 47.0 Å². The predicted molar refractivity (Wildman–Crippen MR) is 96.6 cm³/mol. The van der Waals surface area contributed by atoms with Gasteiger partial charge in [-0.15, -0.1) is 0 Å². The Hall–Kier alpha value is -2.83. The van der Waals surface area contributed by atoms with Crippen molar-refractivity contribution in [3.8, 4) is 11.5 Å².